The van der Waals surface area contributed by atoms with E-state index in [2.05, 4.69) is 10.6 Å². The molecule has 2 aromatic carbocycles. The fraction of sp³-hybridized carbons (Fsp3) is 0.286. The van der Waals surface area contributed by atoms with Gasteiger partial charge in [0.05, 0.1) is 0 Å². The van der Waals surface area contributed by atoms with Gasteiger partial charge in [0.1, 0.15) is 0 Å². The third-order valence-corrected chi connectivity index (χ3v) is 4.00. The smallest absolute Gasteiger partial charge is 0.226 e. The summed E-state index contributed by atoms with van der Waals surface area (Å²) >= 11 is 0. The largest absolute Gasteiger partial charge is 0.338 e. The zero-order valence-corrected chi connectivity index (χ0v) is 15.9. The molecule has 2 aromatic rings. The molecule has 0 aliphatic carbocycles. The fourth-order valence-electron chi connectivity index (χ4n) is 2.68. The SMILES string of the molecule is CC(=O)Nc1ccc(NC(=O)CCN(Cc2cccc(C)c2)C(C)=O)cc1. The van der Waals surface area contributed by atoms with Crippen molar-refractivity contribution < 1.29 is 14.4 Å². The van der Waals surface area contributed by atoms with Crippen LogP contribution < -0.4 is 10.6 Å². The van der Waals surface area contributed by atoms with Crippen LogP contribution in [-0.2, 0) is 20.9 Å². The molecule has 0 saturated heterocycles. The molecule has 0 heterocycles. The number of carbonyl (C=O) groups excluding carboxylic acids is 3. The summed E-state index contributed by atoms with van der Waals surface area (Å²) < 4.78 is 0. The first-order valence-corrected chi connectivity index (χ1v) is 8.82. The van der Waals surface area contributed by atoms with E-state index in [4.69, 9.17) is 0 Å². The maximum absolute atomic E-state index is 12.2. The van der Waals surface area contributed by atoms with Gasteiger partial charge in [-0.05, 0) is 36.8 Å². The molecule has 0 fully saturated rings. The molecule has 0 saturated carbocycles. The lowest BCUT2D eigenvalue weighted by Crippen LogP contribution is -2.31. The summed E-state index contributed by atoms with van der Waals surface area (Å²) in [6, 6.07) is 14.9. The molecule has 0 atom stereocenters. The molecule has 0 aromatic heterocycles. The number of nitrogens with one attached hydrogen (secondary N) is 2. The Bertz CT molecular complexity index is 816. The second-order valence-corrected chi connectivity index (χ2v) is 6.49. The molecule has 0 spiro atoms. The molecule has 3 amide bonds. The predicted molar refractivity (Wildman–Crippen MR) is 106 cm³/mol. The first-order chi connectivity index (χ1) is 12.8. The molecule has 0 aliphatic heterocycles. The van der Waals surface area contributed by atoms with Crippen LogP contribution in [0.4, 0.5) is 11.4 Å². The van der Waals surface area contributed by atoms with Gasteiger partial charge in [-0.1, -0.05) is 29.8 Å². The minimum atomic E-state index is -0.169. The zero-order chi connectivity index (χ0) is 19.8. The van der Waals surface area contributed by atoms with Gasteiger partial charge in [-0.15, -0.1) is 0 Å². The average molecular weight is 367 g/mol. The summed E-state index contributed by atoms with van der Waals surface area (Å²) in [5.41, 5.74) is 3.49. The average Bonchev–Trinajstić information content (AvgIpc) is 2.59. The second kappa shape index (κ2) is 9.52. The van der Waals surface area contributed by atoms with Crippen LogP contribution >= 0.6 is 0 Å². The van der Waals surface area contributed by atoms with E-state index in [-0.39, 0.29) is 24.1 Å². The Balaban J connectivity index is 1.88. The number of aryl methyl sites for hydroxylation is 1. The highest BCUT2D eigenvalue weighted by Gasteiger charge is 2.12. The highest BCUT2D eigenvalue weighted by Crippen LogP contribution is 2.14. The van der Waals surface area contributed by atoms with Crippen LogP contribution in [-0.4, -0.2) is 29.2 Å². The molecule has 0 bridgehead atoms. The van der Waals surface area contributed by atoms with Crippen LogP contribution in [0.5, 0.6) is 0 Å². The van der Waals surface area contributed by atoms with Crippen molar-refractivity contribution in [3.8, 4) is 0 Å². The molecule has 0 unspecified atom stereocenters. The van der Waals surface area contributed by atoms with Gasteiger partial charge in [0.2, 0.25) is 17.7 Å². The summed E-state index contributed by atoms with van der Waals surface area (Å²) in [5, 5.41) is 5.47. The van der Waals surface area contributed by atoms with E-state index in [1.54, 1.807) is 29.2 Å². The molecule has 2 rings (SSSR count). The van der Waals surface area contributed by atoms with Crippen LogP contribution in [0, 0.1) is 6.92 Å². The van der Waals surface area contributed by atoms with Gasteiger partial charge in [0, 0.05) is 44.7 Å². The predicted octanol–water partition coefficient (Wildman–Crippen LogP) is 3.33. The first-order valence-electron chi connectivity index (χ1n) is 8.82. The summed E-state index contributed by atoms with van der Waals surface area (Å²) in [7, 11) is 0. The Kier molecular flexibility index (Phi) is 7.11. The monoisotopic (exact) mass is 367 g/mol. The van der Waals surface area contributed by atoms with Crippen molar-refractivity contribution in [1.29, 1.82) is 0 Å². The van der Waals surface area contributed by atoms with Gasteiger partial charge in [-0.3, -0.25) is 14.4 Å². The lowest BCUT2D eigenvalue weighted by Gasteiger charge is -2.21. The number of amides is 3. The van der Waals surface area contributed by atoms with Crippen molar-refractivity contribution in [3.63, 3.8) is 0 Å². The van der Waals surface area contributed by atoms with Crippen LogP contribution in [0.15, 0.2) is 48.5 Å². The molecular weight excluding hydrogens is 342 g/mol. The number of hydrogen-bond donors (Lipinski definition) is 2. The van der Waals surface area contributed by atoms with Gasteiger partial charge in [0.15, 0.2) is 0 Å². The molecule has 142 valence electrons. The first kappa shape index (κ1) is 20.2. The normalized spacial score (nSPS) is 10.2. The van der Waals surface area contributed by atoms with Crippen LogP contribution in [0.2, 0.25) is 0 Å². The minimum absolute atomic E-state index is 0.0658. The quantitative estimate of drug-likeness (QED) is 0.788. The Morgan fingerprint density at radius 2 is 1.56 bits per heavy atom. The van der Waals surface area contributed by atoms with Gasteiger partial charge < -0.3 is 15.5 Å². The van der Waals surface area contributed by atoms with E-state index in [1.807, 2.05) is 31.2 Å². The molecular formula is C21H25N3O3. The number of anilines is 2. The van der Waals surface area contributed by atoms with Crippen molar-refractivity contribution in [2.75, 3.05) is 17.2 Å². The fourth-order valence-corrected chi connectivity index (χ4v) is 2.68. The van der Waals surface area contributed by atoms with Crippen molar-refractivity contribution >= 4 is 29.1 Å². The van der Waals surface area contributed by atoms with E-state index in [9.17, 15) is 14.4 Å². The third-order valence-electron chi connectivity index (χ3n) is 4.00. The zero-order valence-electron chi connectivity index (χ0n) is 15.9. The number of rotatable bonds is 7. The number of nitrogens with zero attached hydrogens (tertiary/aromatic N) is 1. The Labute approximate surface area is 159 Å². The highest BCUT2D eigenvalue weighted by molar-refractivity contribution is 5.92. The van der Waals surface area contributed by atoms with Gasteiger partial charge in [0.25, 0.3) is 0 Å². The van der Waals surface area contributed by atoms with Crippen molar-refractivity contribution in [1.82, 2.24) is 4.90 Å². The molecule has 6 heteroatoms. The standard InChI is InChI=1S/C21H25N3O3/c1-15-5-4-6-18(13-15)14-24(17(3)26)12-11-21(27)23-20-9-7-19(8-10-20)22-16(2)25/h4-10,13H,11-12,14H2,1-3H3,(H,22,25)(H,23,27). The third kappa shape index (κ3) is 6.93. The summed E-state index contributed by atoms with van der Waals surface area (Å²) in [5.74, 6) is -0.383. The van der Waals surface area contributed by atoms with E-state index >= 15 is 0 Å². The van der Waals surface area contributed by atoms with Gasteiger partial charge in [-0.25, -0.2) is 0 Å². The Morgan fingerprint density at radius 3 is 2.11 bits per heavy atom. The Morgan fingerprint density at radius 1 is 0.926 bits per heavy atom. The topological polar surface area (TPSA) is 78.5 Å². The maximum atomic E-state index is 12.2. The molecule has 27 heavy (non-hydrogen) atoms. The van der Waals surface area contributed by atoms with E-state index in [0.717, 1.165) is 11.1 Å². The van der Waals surface area contributed by atoms with Crippen LogP contribution in [0.3, 0.4) is 0 Å². The molecule has 2 N–H and O–H groups in total. The van der Waals surface area contributed by atoms with E-state index < -0.39 is 0 Å². The molecule has 0 aliphatic rings. The molecule has 6 nitrogen and oxygen atoms in total. The molecule has 0 radical (unpaired) electrons. The minimum Gasteiger partial charge on any atom is -0.338 e. The van der Waals surface area contributed by atoms with Crippen LogP contribution in [0.1, 0.15) is 31.4 Å². The number of benzene rings is 2. The second-order valence-electron chi connectivity index (χ2n) is 6.49. The van der Waals surface area contributed by atoms with E-state index in [0.29, 0.717) is 24.5 Å². The highest BCUT2D eigenvalue weighted by atomic mass is 16.2. The summed E-state index contributed by atoms with van der Waals surface area (Å²) in [6.45, 7) is 5.78. The lowest BCUT2D eigenvalue weighted by atomic mass is 10.1. The van der Waals surface area contributed by atoms with Gasteiger partial charge in [-0.2, -0.15) is 0 Å². The number of carbonyl (C=O) groups is 3. The maximum Gasteiger partial charge on any atom is 0.226 e. The number of hydrogen-bond acceptors (Lipinski definition) is 3. The summed E-state index contributed by atoms with van der Waals surface area (Å²) in [4.78, 5) is 36.8. The van der Waals surface area contributed by atoms with Crippen molar-refractivity contribution in [2.24, 2.45) is 0 Å². The lowest BCUT2D eigenvalue weighted by molar-refractivity contribution is -0.130. The van der Waals surface area contributed by atoms with Gasteiger partial charge >= 0.3 is 0 Å². The Hall–Kier alpha value is -3.15. The van der Waals surface area contributed by atoms with Crippen LogP contribution in [0.25, 0.3) is 0 Å². The van der Waals surface area contributed by atoms with E-state index in [1.165, 1.54) is 13.8 Å². The summed E-state index contributed by atoms with van der Waals surface area (Å²) in [6.07, 6.45) is 0.207. The van der Waals surface area contributed by atoms with Crippen molar-refractivity contribution in [2.45, 2.75) is 33.7 Å². The van der Waals surface area contributed by atoms with Crippen molar-refractivity contribution in [3.05, 3.63) is 59.7 Å².